The maximum Gasteiger partial charge on any atom is 0.120 e. The molecule has 0 aromatic heterocycles. The number of rotatable bonds is 12. The molecule has 0 N–H and O–H groups in total. The van der Waals surface area contributed by atoms with E-state index < -0.39 is 0 Å². The summed E-state index contributed by atoms with van der Waals surface area (Å²) in [4.78, 5) is 0. The highest BCUT2D eigenvalue weighted by atomic mass is 16.5. The first-order valence-corrected chi connectivity index (χ1v) is 16.3. The van der Waals surface area contributed by atoms with Crippen molar-refractivity contribution >= 4 is 11.4 Å². The fraction of sp³-hybridized carbons (Fsp3) is 0.262. The maximum atomic E-state index is 6.48. The molecule has 0 radical (unpaired) electrons. The second-order valence-electron chi connectivity index (χ2n) is 13.3. The zero-order valence-electron chi connectivity index (χ0n) is 27.4. The Kier molecular flexibility index (Phi) is 9.37. The molecule has 1 heterocycles. The highest BCUT2D eigenvalue weighted by molar-refractivity contribution is 6.03. The van der Waals surface area contributed by atoms with Gasteiger partial charge in [0, 0.05) is 19.3 Å². The molecule has 1 atom stereocenters. The molecule has 0 bridgehead atoms. The molecule has 6 rings (SSSR count). The van der Waals surface area contributed by atoms with Crippen LogP contribution in [0.5, 0.6) is 5.75 Å². The number of anilines is 1. The van der Waals surface area contributed by atoms with Crippen LogP contribution in [0, 0.1) is 0 Å². The van der Waals surface area contributed by atoms with E-state index in [4.69, 9.17) is 14.6 Å². The lowest BCUT2D eigenvalue weighted by Gasteiger charge is -2.30. The van der Waals surface area contributed by atoms with Crippen LogP contribution in [-0.4, -0.2) is 23.5 Å². The monoisotopic (exact) mass is 608 g/mol. The summed E-state index contributed by atoms with van der Waals surface area (Å²) in [5.41, 5.74) is 7.64. The first kappa shape index (κ1) is 31.3. The largest absolute Gasteiger partial charge is 0.488 e. The molecule has 0 saturated carbocycles. The molecule has 0 fully saturated rings. The first-order chi connectivity index (χ1) is 22.2. The smallest absolute Gasteiger partial charge is 0.120 e. The Labute approximate surface area is 274 Å². The molecule has 0 aliphatic carbocycles. The van der Waals surface area contributed by atoms with Gasteiger partial charge in [0.15, 0.2) is 0 Å². The SMILES string of the molecule is CC(C)(Cc1ccccc1)OCCC(C)(C)Oc1ccc(C2CC(c3ccc(-c4ccccc4)cc3)=NN2c2ccccc2)cc1. The number of nitrogens with zero attached hydrogens (tertiary/aromatic N) is 2. The van der Waals surface area contributed by atoms with Gasteiger partial charge in [0.2, 0.25) is 0 Å². The van der Waals surface area contributed by atoms with E-state index in [1.807, 2.05) is 18.2 Å². The van der Waals surface area contributed by atoms with Crippen LogP contribution in [0.4, 0.5) is 5.69 Å². The quantitative estimate of drug-likeness (QED) is 0.141. The molecule has 1 unspecified atom stereocenters. The second-order valence-corrected chi connectivity index (χ2v) is 13.3. The zero-order valence-corrected chi connectivity index (χ0v) is 27.4. The number of ether oxygens (including phenoxy) is 2. The molecular weight excluding hydrogens is 564 g/mol. The van der Waals surface area contributed by atoms with Crippen molar-refractivity contribution in [3.8, 4) is 16.9 Å². The summed E-state index contributed by atoms with van der Waals surface area (Å²) < 4.78 is 12.8. The van der Waals surface area contributed by atoms with Gasteiger partial charge in [-0.05, 0) is 79.8 Å². The van der Waals surface area contributed by atoms with Crippen LogP contribution >= 0.6 is 0 Å². The standard InChI is InChI=1S/C42H44N2O2/c1-41(2,28-29-45-42(3,4)31-32-14-8-5-9-15-32)46-38-26-24-36(25-27-38)40-30-39(43-44(40)37-18-12-7-13-19-37)35-22-20-34(21-23-35)33-16-10-6-11-17-33/h5-27,40H,28-31H2,1-4H3. The number of hydrogen-bond donors (Lipinski definition) is 0. The third-order valence-electron chi connectivity index (χ3n) is 8.58. The summed E-state index contributed by atoms with van der Waals surface area (Å²) in [5, 5.41) is 7.32. The van der Waals surface area contributed by atoms with Crippen molar-refractivity contribution in [3.05, 3.63) is 156 Å². The van der Waals surface area contributed by atoms with Gasteiger partial charge in [0.1, 0.15) is 11.4 Å². The molecule has 5 aromatic rings. The van der Waals surface area contributed by atoms with E-state index in [-0.39, 0.29) is 17.2 Å². The summed E-state index contributed by atoms with van der Waals surface area (Å²) in [6.45, 7) is 9.20. The lowest BCUT2D eigenvalue weighted by atomic mass is 9.96. The summed E-state index contributed by atoms with van der Waals surface area (Å²) in [6.07, 6.45) is 2.49. The molecule has 0 amide bonds. The van der Waals surface area contributed by atoms with E-state index in [2.05, 4.69) is 154 Å². The van der Waals surface area contributed by atoms with Crippen molar-refractivity contribution in [2.75, 3.05) is 11.6 Å². The molecule has 46 heavy (non-hydrogen) atoms. The molecule has 1 aliphatic rings. The molecule has 4 heteroatoms. The first-order valence-electron chi connectivity index (χ1n) is 16.3. The van der Waals surface area contributed by atoms with Crippen molar-refractivity contribution in [1.29, 1.82) is 0 Å². The van der Waals surface area contributed by atoms with Crippen LogP contribution in [0.2, 0.25) is 0 Å². The topological polar surface area (TPSA) is 34.1 Å². The van der Waals surface area contributed by atoms with Crippen LogP contribution in [0.25, 0.3) is 11.1 Å². The molecule has 4 nitrogen and oxygen atoms in total. The predicted molar refractivity (Wildman–Crippen MR) is 191 cm³/mol. The molecule has 0 spiro atoms. The van der Waals surface area contributed by atoms with Gasteiger partial charge in [-0.1, -0.05) is 115 Å². The van der Waals surface area contributed by atoms with Gasteiger partial charge >= 0.3 is 0 Å². The van der Waals surface area contributed by atoms with Gasteiger partial charge in [-0.15, -0.1) is 0 Å². The fourth-order valence-corrected chi connectivity index (χ4v) is 6.09. The Morgan fingerprint density at radius 3 is 1.85 bits per heavy atom. The van der Waals surface area contributed by atoms with Gasteiger partial charge in [-0.25, -0.2) is 0 Å². The third kappa shape index (κ3) is 7.94. The van der Waals surface area contributed by atoms with E-state index >= 15 is 0 Å². The van der Waals surface area contributed by atoms with Crippen molar-refractivity contribution in [3.63, 3.8) is 0 Å². The van der Waals surface area contributed by atoms with Gasteiger partial charge in [-0.3, -0.25) is 5.01 Å². The fourth-order valence-electron chi connectivity index (χ4n) is 6.09. The van der Waals surface area contributed by atoms with Crippen LogP contribution in [0.15, 0.2) is 145 Å². The van der Waals surface area contributed by atoms with Gasteiger partial charge < -0.3 is 9.47 Å². The summed E-state index contributed by atoms with van der Waals surface area (Å²) >= 11 is 0. The van der Waals surface area contributed by atoms with E-state index in [9.17, 15) is 0 Å². The second kappa shape index (κ2) is 13.8. The van der Waals surface area contributed by atoms with Gasteiger partial charge in [0.25, 0.3) is 0 Å². The molecule has 234 valence electrons. The highest BCUT2D eigenvalue weighted by Gasteiger charge is 2.30. The molecule has 0 saturated heterocycles. The minimum atomic E-state index is -0.365. The van der Waals surface area contributed by atoms with E-state index in [0.717, 1.165) is 42.0 Å². The zero-order chi connectivity index (χ0) is 32.0. The Morgan fingerprint density at radius 1 is 0.630 bits per heavy atom. The molecular formula is C42H44N2O2. The van der Waals surface area contributed by atoms with Crippen LogP contribution in [0.1, 0.15) is 63.3 Å². The summed E-state index contributed by atoms with van der Waals surface area (Å²) in [7, 11) is 0. The average Bonchev–Trinajstić information content (AvgIpc) is 3.51. The van der Waals surface area contributed by atoms with E-state index in [0.29, 0.717) is 6.61 Å². The van der Waals surface area contributed by atoms with Crippen LogP contribution in [-0.2, 0) is 11.2 Å². The Balaban J connectivity index is 1.11. The summed E-state index contributed by atoms with van der Waals surface area (Å²) in [6, 6.07) is 48.9. The Hall–Kier alpha value is -4.67. The number of benzene rings is 5. The van der Waals surface area contributed by atoms with Crippen molar-refractivity contribution < 1.29 is 9.47 Å². The lowest BCUT2D eigenvalue weighted by molar-refractivity contribution is -0.0399. The normalized spacial score (nSPS) is 15.1. The Bertz CT molecular complexity index is 1710. The minimum Gasteiger partial charge on any atom is -0.488 e. The van der Waals surface area contributed by atoms with Gasteiger partial charge in [-0.2, -0.15) is 5.10 Å². The van der Waals surface area contributed by atoms with Crippen molar-refractivity contribution in [2.45, 2.75) is 64.2 Å². The molecule has 1 aliphatic heterocycles. The number of hydrogen-bond acceptors (Lipinski definition) is 4. The number of hydrazone groups is 1. The van der Waals surface area contributed by atoms with Gasteiger partial charge in [0.05, 0.1) is 29.6 Å². The van der Waals surface area contributed by atoms with E-state index in [1.165, 1.54) is 22.3 Å². The predicted octanol–water partition coefficient (Wildman–Crippen LogP) is 10.3. The average molecular weight is 609 g/mol. The minimum absolute atomic E-state index is 0.0912. The van der Waals surface area contributed by atoms with Crippen molar-refractivity contribution in [1.82, 2.24) is 0 Å². The third-order valence-corrected chi connectivity index (χ3v) is 8.58. The molecule has 5 aromatic carbocycles. The van der Waals surface area contributed by atoms with Crippen LogP contribution in [0.3, 0.4) is 0 Å². The maximum absolute atomic E-state index is 6.48. The lowest BCUT2D eigenvalue weighted by Crippen LogP contribution is -2.34. The highest BCUT2D eigenvalue weighted by Crippen LogP contribution is 2.38. The van der Waals surface area contributed by atoms with E-state index in [1.54, 1.807) is 0 Å². The number of para-hydroxylation sites is 1. The van der Waals surface area contributed by atoms with Crippen molar-refractivity contribution in [2.24, 2.45) is 5.10 Å². The Morgan fingerprint density at radius 2 is 1.20 bits per heavy atom. The summed E-state index contributed by atoms with van der Waals surface area (Å²) in [5.74, 6) is 0.860. The van der Waals surface area contributed by atoms with Crippen LogP contribution < -0.4 is 9.75 Å².